The van der Waals surface area contributed by atoms with Crippen LogP contribution >= 0.6 is 0 Å². The Morgan fingerprint density at radius 1 is 1.00 bits per heavy atom. The van der Waals surface area contributed by atoms with Gasteiger partial charge in [0.2, 0.25) is 0 Å². The summed E-state index contributed by atoms with van der Waals surface area (Å²) in [5, 5.41) is 0. The molecule has 0 aromatic heterocycles. The SMILES string of the molecule is CC.CC.O=C1Cc2ccccc2C(=O)O1. The molecule has 0 fully saturated rings. The molecule has 0 saturated carbocycles. The van der Waals surface area contributed by atoms with E-state index in [0.717, 1.165) is 5.56 Å². The predicted octanol–water partition coefficient (Wildman–Crippen LogP) is 2.98. The highest BCUT2D eigenvalue weighted by Crippen LogP contribution is 2.16. The lowest BCUT2D eigenvalue weighted by atomic mass is 10.0. The van der Waals surface area contributed by atoms with Crippen LogP contribution < -0.4 is 0 Å². The smallest absolute Gasteiger partial charge is 0.346 e. The summed E-state index contributed by atoms with van der Waals surface area (Å²) in [6, 6.07) is 6.96. The van der Waals surface area contributed by atoms with E-state index in [2.05, 4.69) is 4.74 Å². The average Bonchev–Trinajstić information content (AvgIpc) is 2.34. The maximum Gasteiger partial charge on any atom is 0.346 e. The molecule has 1 aliphatic rings. The largest absolute Gasteiger partial charge is 0.389 e. The molecule has 0 bridgehead atoms. The first-order valence-corrected chi connectivity index (χ1v) is 5.60. The first kappa shape index (κ1) is 14.4. The molecule has 1 aliphatic heterocycles. The van der Waals surface area contributed by atoms with Crippen LogP contribution in [0.5, 0.6) is 0 Å². The lowest BCUT2D eigenvalue weighted by Gasteiger charge is -2.12. The second-order valence-electron chi connectivity index (χ2n) is 2.60. The lowest BCUT2D eigenvalue weighted by molar-refractivity contribution is -0.137. The molecule has 0 saturated heterocycles. The van der Waals surface area contributed by atoms with Crippen LogP contribution in [0.1, 0.15) is 43.6 Å². The van der Waals surface area contributed by atoms with Gasteiger partial charge in [-0.3, -0.25) is 4.79 Å². The summed E-state index contributed by atoms with van der Waals surface area (Å²) in [6.07, 6.45) is 0.196. The molecule has 1 aromatic carbocycles. The third kappa shape index (κ3) is 3.50. The third-order valence-corrected chi connectivity index (χ3v) is 1.78. The van der Waals surface area contributed by atoms with Crippen molar-refractivity contribution in [2.24, 2.45) is 0 Å². The van der Waals surface area contributed by atoms with Crippen LogP contribution in [0.4, 0.5) is 0 Å². The number of esters is 2. The van der Waals surface area contributed by atoms with Gasteiger partial charge in [0.25, 0.3) is 0 Å². The second kappa shape index (κ2) is 7.63. The van der Waals surface area contributed by atoms with E-state index in [1.165, 1.54) is 0 Å². The quantitative estimate of drug-likeness (QED) is 0.500. The molecule has 0 atom stereocenters. The summed E-state index contributed by atoms with van der Waals surface area (Å²) in [5.74, 6) is -1.01. The van der Waals surface area contributed by atoms with Gasteiger partial charge in [0.1, 0.15) is 0 Å². The van der Waals surface area contributed by atoms with E-state index in [0.29, 0.717) is 5.56 Å². The van der Waals surface area contributed by atoms with E-state index in [9.17, 15) is 9.59 Å². The van der Waals surface area contributed by atoms with Gasteiger partial charge in [-0.05, 0) is 11.6 Å². The number of carbonyl (C=O) groups excluding carboxylic acids is 2. The molecule has 0 radical (unpaired) electrons. The zero-order chi connectivity index (χ0) is 12.6. The van der Waals surface area contributed by atoms with Crippen molar-refractivity contribution in [1.29, 1.82) is 0 Å². The van der Waals surface area contributed by atoms with Crippen molar-refractivity contribution < 1.29 is 14.3 Å². The van der Waals surface area contributed by atoms with Crippen LogP contribution in [0, 0.1) is 0 Å². The van der Waals surface area contributed by atoms with Crippen molar-refractivity contribution in [2.45, 2.75) is 34.1 Å². The Morgan fingerprint density at radius 2 is 1.56 bits per heavy atom. The molecule has 2 rings (SSSR count). The molecule has 3 heteroatoms. The summed E-state index contributed by atoms with van der Waals surface area (Å²) in [4.78, 5) is 21.8. The van der Waals surface area contributed by atoms with E-state index < -0.39 is 11.9 Å². The van der Waals surface area contributed by atoms with Gasteiger partial charge < -0.3 is 4.74 Å². The number of rotatable bonds is 0. The van der Waals surface area contributed by atoms with Gasteiger partial charge in [-0.2, -0.15) is 0 Å². The van der Waals surface area contributed by atoms with Gasteiger partial charge in [0.05, 0.1) is 12.0 Å². The van der Waals surface area contributed by atoms with Crippen LogP contribution in [0.15, 0.2) is 24.3 Å². The van der Waals surface area contributed by atoms with E-state index in [-0.39, 0.29) is 6.42 Å². The zero-order valence-corrected chi connectivity index (χ0v) is 10.2. The fourth-order valence-corrected chi connectivity index (χ4v) is 1.22. The number of carbonyl (C=O) groups is 2. The van der Waals surface area contributed by atoms with Gasteiger partial charge >= 0.3 is 11.9 Å². The average molecular weight is 222 g/mol. The topological polar surface area (TPSA) is 43.4 Å². The Bertz CT molecular complexity index is 356. The summed E-state index contributed by atoms with van der Waals surface area (Å²) in [5.41, 5.74) is 1.25. The number of ether oxygens (including phenoxy) is 1. The van der Waals surface area contributed by atoms with Gasteiger partial charge in [-0.1, -0.05) is 45.9 Å². The predicted molar refractivity (Wildman–Crippen MR) is 63.3 cm³/mol. The summed E-state index contributed by atoms with van der Waals surface area (Å²) in [6.45, 7) is 8.00. The van der Waals surface area contributed by atoms with Crippen molar-refractivity contribution in [3.8, 4) is 0 Å². The van der Waals surface area contributed by atoms with Crippen molar-refractivity contribution in [3.63, 3.8) is 0 Å². The Balaban J connectivity index is 0.000000509. The normalized spacial score (nSPS) is 12.2. The van der Waals surface area contributed by atoms with E-state index in [1.807, 2.05) is 27.7 Å². The molecular weight excluding hydrogens is 204 g/mol. The van der Waals surface area contributed by atoms with Crippen LogP contribution in [0.25, 0.3) is 0 Å². The number of hydrogen-bond donors (Lipinski definition) is 0. The Kier molecular flexibility index (Phi) is 6.84. The highest BCUT2D eigenvalue weighted by atomic mass is 16.6. The highest BCUT2D eigenvalue weighted by Gasteiger charge is 2.23. The van der Waals surface area contributed by atoms with Crippen LogP contribution in [-0.2, 0) is 16.0 Å². The Hall–Kier alpha value is -1.64. The van der Waals surface area contributed by atoms with Crippen molar-refractivity contribution in [3.05, 3.63) is 35.4 Å². The molecule has 16 heavy (non-hydrogen) atoms. The minimum Gasteiger partial charge on any atom is -0.389 e. The minimum absolute atomic E-state index is 0.196. The monoisotopic (exact) mass is 222 g/mol. The maximum atomic E-state index is 11.1. The first-order valence-electron chi connectivity index (χ1n) is 5.60. The van der Waals surface area contributed by atoms with Gasteiger partial charge in [0, 0.05) is 0 Å². The molecular formula is C13H18O3. The maximum absolute atomic E-state index is 11.1. The van der Waals surface area contributed by atoms with Crippen LogP contribution in [0.3, 0.4) is 0 Å². The summed E-state index contributed by atoms with van der Waals surface area (Å²) in [7, 11) is 0. The molecule has 0 amide bonds. The standard InChI is InChI=1S/C9H6O3.2C2H6/c10-8-5-6-3-1-2-4-7(6)9(11)12-8;2*1-2/h1-4H,5H2;2*1-2H3. The van der Waals surface area contributed by atoms with Crippen LogP contribution in [0.2, 0.25) is 0 Å². The van der Waals surface area contributed by atoms with Gasteiger partial charge in [-0.15, -0.1) is 0 Å². The summed E-state index contributed by atoms with van der Waals surface area (Å²) < 4.78 is 4.43. The van der Waals surface area contributed by atoms with Crippen LogP contribution in [-0.4, -0.2) is 11.9 Å². The minimum atomic E-state index is -0.540. The Morgan fingerprint density at radius 3 is 2.19 bits per heavy atom. The van der Waals surface area contributed by atoms with E-state index in [4.69, 9.17) is 0 Å². The van der Waals surface area contributed by atoms with Crippen molar-refractivity contribution in [2.75, 3.05) is 0 Å². The number of hydrogen-bond acceptors (Lipinski definition) is 3. The molecule has 1 heterocycles. The molecule has 0 unspecified atom stereocenters. The molecule has 0 spiro atoms. The van der Waals surface area contributed by atoms with E-state index in [1.54, 1.807) is 24.3 Å². The molecule has 0 aliphatic carbocycles. The van der Waals surface area contributed by atoms with Crippen molar-refractivity contribution in [1.82, 2.24) is 0 Å². The van der Waals surface area contributed by atoms with Gasteiger partial charge in [-0.25, -0.2) is 4.79 Å². The van der Waals surface area contributed by atoms with E-state index >= 15 is 0 Å². The number of cyclic esters (lactones) is 2. The number of fused-ring (bicyclic) bond motifs is 1. The highest BCUT2D eigenvalue weighted by molar-refractivity contribution is 6.02. The first-order chi connectivity index (χ1) is 7.77. The second-order valence-corrected chi connectivity index (χ2v) is 2.60. The zero-order valence-electron chi connectivity index (χ0n) is 10.2. The molecule has 3 nitrogen and oxygen atoms in total. The molecule has 0 N–H and O–H groups in total. The summed E-state index contributed by atoms with van der Waals surface area (Å²) >= 11 is 0. The fraction of sp³-hybridized carbons (Fsp3) is 0.385. The fourth-order valence-electron chi connectivity index (χ4n) is 1.22. The lowest BCUT2D eigenvalue weighted by Crippen LogP contribution is -2.22. The Labute approximate surface area is 96.4 Å². The molecule has 88 valence electrons. The molecule has 1 aromatic rings. The van der Waals surface area contributed by atoms with Crippen molar-refractivity contribution >= 4 is 11.9 Å². The third-order valence-electron chi connectivity index (χ3n) is 1.78. The number of benzene rings is 1. The van der Waals surface area contributed by atoms with Gasteiger partial charge in [0.15, 0.2) is 0 Å².